The summed E-state index contributed by atoms with van der Waals surface area (Å²) < 4.78 is 50.2. The Hall–Kier alpha value is -2.02. The molecule has 0 radical (unpaired) electrons. The van der Waals surface area contributed by atoms with E-state index in [-0.39, 0.29) is 34.6 Å². The van der Waals surface area contributed by atoms with Gasteiger partial charge in [-0.3, -0.25) is 4.79 Å². The maximum absolute atomic E-state index is 12.8. The van der Waals surface area contributed by atoms with Crippen molar-refractivity contribution in [1.29, 1.82) is 0 Å². The minimum Gasteiger partial charge on any atom is -0.352 e. The number of benzene rings is 2. The Morgan fingerprint density at radius 1 is 1.04 bits per heavy atom. The molecule has 0 heterocycles. The first-order chi connectivity index (χ1) is 10.8. The smallest absolute Gasteiger partial charge is 0.352 e. The number of nitrogens with one attached hydrogen (secondary N) is 1. The fraction of sp³-hybridized carbons (Fsp3) is 0.188. The number of alkyl halides is 3. The number of hydrogen-bond acceptors (Lipinski definition) is 2. The lowest BCUT2D eigenvalue weighted by Crippen LogP contribution is -2.26. The van der Waals surface area contributed by atoms with Crippen molar-refractivity contribution in [2.24, 2.45) is 0 Å². The van der Waals surface area contributed by atoms with Crippen LogP contribution in [0.3, 0.4) is 0 Å². The van der Waals surface area contributed by atoms with Crippen LogP contribution in [0.15, 0.2) is 53.4 Å². The first-order valence-electron chi connectivity index (χ1n) is 6.72. The summed E-state index contributed by atoms with van der Waals surface area (Å²) in [5.41, 5.74) is -3.65. The first-order valence-corrected chi connectivity index (χ1v) is 7.54. The third kappa shape index (κ3) is 5.59. The van der Waals surface area contributed by atoms with Gasteiger partial charge >= 0.3 is 5.51 Å². The van der Waals surface area contributed by atoms with Crippen molar-refractivity contribution in [3.05, 3.63) is 65.5 Å². The molecular formula is C16H13F4NOS. The molecule has 2 rings (SSSR count). The molecule has 0 atom stereocenters. The van der Waals surface area contributed by atoms with Crippen LogP contribution in [-0.4, -0.2) is 18.0 Å². The summed E-state index contributed by atoms with van der Waals surface area (Å²) in [7, 11) is 0. The van der Waals surface area contributed by atoms with Gasteiger partial charge in [0.25, 0.3) is 5.91 Å². The Labute approximate surface area is 134 Å². The fourth-order valence-electron chi connectivity index (χ4n) is 1.93. The highest BCUT2D eigenvalue weighted by Crippen LogP contribution is 2.38. The van der Waals surface area contributed by atoms with Crippen LogP contribution < -0.4 is 5.32 Å². The second-order valence-corrected chi connectivity index (χ2v) is 5.78. The van der Waals surface area contributed by atoms with Gasteiger partial charge in [-0.25, -0.2) is 4.39 Å². The Bertz CT molecular complexity index is 671. The van der Waals surface area contributed by atoms with Crippen molar-refractivity contribution >= 4 is 17.7 Å². The molecule has 0 fully saturated rings. The van der Waals surface area contributed by atoms with Gasteiger partial charge in [-0.05, 0) is 48.0 Å². The maximum Gasteiger partial charge on any atom is 0.446 e. The predicted molar refractivity (Wildman–Crippen MR) is 80.8 cm³/mol. The summed E-state index contributed by atoms with van der Waals surface area (Å²) in [5.74, 6) is -0.921. The number of halogens is 4. The molecule has 23 heavy (non-hydrogen) atoms. The molecule has 7 heteroatoms. The summed E-state index contributed by atoms with van der Waals surface area (Å²) in [6, 6.07) is 11.4. The summed E-state index contributed by atoms with van der Waals surface area (Å²) in [5, 5.41) is 2.57. The normalized spacial score (nSPS) is 11.3. The highest BCUT2D eigenvalue weighted by atomic mass is 32.2. The SMILES string of the molecule is O=C(NCCc1ccc(F)cc1)c1ccccc1SC(F)(F)F. The Kier molecular flexibility index (Phi) is 5.65. The van der Waals surface area contributed by atoms with Crippen LogP contribution in [0.5, 0.6) is 0 Å². The lowest BCUT2D eigenvalue weighted by Gasteiger charge is -2.11. The van der Waals surface area contributed by atoms with Gasteiger partial charge in [0.1, 0.15) is 5.82 Å². The van der Waals surface area contributed by atoms with Gasteiger partial charge < -0.3 is 5.32 Å². The largest absolute Gasteiger partial charge is 0.446 e. The van der Waals surface area contributed by atoms with Crippen molar-refractivity contribution in [1.82, 2.24) is 5.32 Å². The minimum absolute atomic E-state index is 0.0195. The van der Waals surface area contributed by atoms with E-state index in [1.807, 2.05) is 0 Å². The van der Waals surface area contributed by atoms with E-state index in [0.717, 1.165) is 5.56 Å². The van der Waals surface area contributed by atoms with Gasteiger partial charge in [0.05, 0.1) is 5.56 Å². The number of hydrogen-bond donors (Lipinski definition) is 1. The lowest BCUT2D eigenvalue weighted by molar-refractivity contribution is -0.0328. The van der Waals surface area contributed by atoms with Gasteiger partial charge in [0, 0.05) is 11.4 Å². The summed E-state index contributed by atoms with van der Waals surface area (Å²) in [6.07, 6.45) is 0.459. The summed E-state index contributed by atoms with van der Waals surface area (Å²) in [6.45, 7) is 0.246. The molecule has 1 amide bonds. The van der Waals surface area contributed by atoms with Crippen LogP contribution in [0, 0.1) is 5.82 Å². The Morgan fingerprint density at radius 3 is 2.35 bits per heavy atom. The van der Waals surface area contributed by atoms with E-state index in [0.29, 0.717) is 6.42 Å². The third-order valence-electron chi connectivity index (χ3n) is 2.97. The number of carbonyl (C=O) groups is 1. The number of rotatable bonds is 5. The van der Waals surface area contributed by atoms with Gasteiger partial charge in [0.2, 0.25) is 0 Å². The molecule has 0 aliphatic rings. The monoisotopic (exact) mass is 343 g/mol. The Balaban J connectivity index is 1.97. The quantitative estimate of drug-likeness (QED) is 0.644. The zero-order chi connectivity index (χ0) is 16.9. The maximum atomic E-state index is 12.8. The average Bonchev–Trinajstić information content (AvgIpc) is 2.48. The van der Waals surface area contributed by atoms with E-state index in [2.05, 4.69) is 5.32 Å². The molecule has 122 valence electrons. The van der Waals surface area contributed by atoms with E-state index in [1.165, 1.54) is 36.4 Å². The van der Waals surface area contributed by atoms with Crippen LogP contribution in [0.1, 0.15) is 15.9 Å². The van der Waals surface area contributed by atoms with Crippen LogP contribution in [0.25, 0.3) is 0 Å². The minimum atomic E-state index is -4.45. The van der Waals surface area contributed by atoms with E-state index in [4.69, 9.17) is 0 Å². The third-order valence-corrected chi connectivity index (χ3v) is 3.78. The topological polar surface area (TPSA) is 29.1 Å². The van der Waals surface area contributed by atoms with Crippen molar-refractivity contribution in [2.45, 2.75) is 16.8 Å². The standard InChI is InChI=1S/C16H13F4NOS/c17-12-7-5-11(6-8-12)9-10-21-15(22)13-3-1-2-4-14(13)23-16(18,19)20/h1-8H,9-10H2,(H,21,22). The molecule has 1 N–H and O–H groups in total. The summed E-state index contributed by atoms with van der Waals surface area (Å²) >= 11 is -0.315. The second kappa shape index (κ2) is 7.50. The molecule has 2 nitrogen and oxygen atoms in total. The van der Waals surface area contributed by atoms with Crippen LogP contribution >= 0.6 is 11.8 Å². The predicted octanol–water partition coefficient (Wildman–Crippen LogP) is 4.41. The van der Waals surface area contributed by atoms with Crippen molar-refractivity contribution in [3.63, 3.8) is 0 Å². The molecule has 0 bridgehead atoms. The molecule has 2 aromatic rings. The molecule has 0 aromatic heterocycles. The number of thioether (sulfide) groups is 1. The van der Waals surface area contributed by atoms with Gasteiger partial charge in [0.15, 0.2) is 0 Å². The fourth-order valence-corrected chi connectivity index (χ4v) is 2.60. The molecule has 0 spiro atoms. The Morgan fingerprint density at radius 2 is 1.70 bits per heavy atom. The number of carbonyl (C=O) groups excluding carboxylic acids is 1. The molecule has 0 saturated heterocycles. The zero-order valence-electron chi connectivity index (χ0n) is 11.9. The van der Waals surface area contributed by atoms with Crippen LogP contribution in [0.4, 0.5) is 17.6 Å². The van der Waals surface area contributed by atoms with E-state index in [9.17, 15) is 22.4 Å². The highest BCUT2D eigenvalue weighted by Gasteiger charge is 2.31. The van der Waals surface area contributed by atoms with E-state index < -0.39 is 11.4 Å². The second-order valence-electron chi connectivity index (χ2n) is 4.68. The molecule has 2 aromatic carbocycles. The van der Waals surface area contributed by atoms with Gasteiger partial charge in [-0.15, -0.1) is 0 Å². The van der Waals surface area contributed by atoms with Crippen LogP contribution in [0.2, 0.25) is 0 Å². The summed E-state index contributed by atoms with van der Waals surface area (Å²) in [4.78, 5) is 11.9. The van der Waals surface area contributed by atoms with Crippen molar-refractivity contribution in [2.75, 3.05) is 6.54 Å². The molecule has 0 aliphatic carbocycles. The zero-order valence-corrected chi connectivity index (χ0v) is 12.7. The van der Waals surface area contributed by atoms with E-state index >= 15 is 0 Å². The molecular weight excluding hydrogens is 330 g/mol. The first kappa shape index (κ1) is 17.3. The molecule has 0 aliphatic heterocycles. The van der Waals surface area contributed by atoms with E-state index in [1.54, 1.807) is 12.1 Å². The average molecular weight is 343 g/mol. The lowest BCUT2D eigenvalue weighted by atomic mass is 10.1. The molecule has 0 unspecified atom stereocenters. The van der Waals surface area contributed by atoms with Gasteiger partial charge in [-0.1, -0.05) is 24.3 Å². The van der Waals surface area contributed by atoms with Crippen molar-refractivity contribution < 1.29 is 22.4 Å². The van der Waals surface area contributed by atoms with Gasteiger partial charge in [-0.2, -0.15) is 13.2 Å². The molecule has 0 saturated carbocycles. The van der Waals surface area contributed by atoms with Crippen LogP contribution in [-0.2, 0) is 6.42 Å². The number of amides is 1. The van der Waals surface area contributed by atoms with Crippen molar-refractivity contribution in [3.8, 4) is 0 Å². The highest BCUT2D eigenvalue weighted by molar-refractivity contribution is 8.00.